The van der Waals surface area contributed by atoms with Crippen LogP contribution in [-0.4, -0.2) is 35.8 Å². The zero-order valence-corrected chi connectivity index (χ0v) is 13.1. The van der Waals surface area contributed by atoms with Crippen LogP contribution >= 0.6 is 11.3 Å². The highest BCUT2D eigenvalue weighted by molar-refractivity contribution is 7.91. The lowest BCUT2D eigenvalue weighted by molar-refractivity contribution is 0.0687. The van der Waals surface area contributed by atoms with E-state index in [1.54, 1.807) is 0 Å². The molecule has 0 aliphatic rings. The fourth-order valence-electron chi connectivity index (χ4n) is 1.86. The van der Waals surface area contributed by atoms with Gasteiger partial charge >= 0.3 is 5.97 Å². The molecule has 1 aromatic heterocycles. The Balaban J connectivity index is 2.31. The van der Waals surface area contributed by atoms with Gasteiger partial charge in [-0.1, -0.05) is 29.8 Å². The highest BCUT2D eigenvalue weighted by Gasteiger charge is 2.29. The number of hydrogen-bond acceptors (Lipinski definition) is 5. The third-order valence-corrected chi connectivity index (χ3v) is 6.02. The number of aryl methyl sites for hydroxylation is 1. The van der Waals surface area contributed by atoms with Gasteiger partial charge in [-0.3, -0.25) is 0 Å². The summed E-state index contributed by atoms with van der Waals surface area (Å²) in [6.45, 7) is 2.09. The summed E-state index contributed by atoms with van der Waals surface area (Å²) in [5.41, 5.74) is 2.65. The van der Waals surface area contributed by atoms with Gasteiger partial charge in [-0.25, -0.2) is 18.2 Å². The molecule has 2 rings (SSSR count). The first-order valence-corrected chi connectivity index (χ1v) is 8.33. The fourth-order valence-corrected chi connectivity index (χ4v) is 4.34. The Kier molecular flexibility index (Phi) is 4.40. The minimum absolute atomic E-state index is 0.168. The average molecular weight is 326 g/mol. The third-order valence-electron chi connectivity index (χ3n) is 2.87. The molecule has 0 spiro atoms. The molecule has 0 saturated carbocycles. The molecule has 1 aromatic carbocycles. The number of nitrogens with zero attached hydrogens (tertiary/aromatic N) is 2. The van der Waals surface area contributed by atoms with Crippen LogP contribution < -0.4 is 0 Å². The molecule has 21 heavy (non-hydrogen) atoms. The Morgan fingerprint density at radius 2 is 2.14 bits per heavy atom. The molecule has 0 aliphatic carbocycles. The quantitative estimate of drug-likeness (QED) is 0.907. The van der Waals surface area contributed by atoms with Gasteiger partial charge in [-0.05, 0) is 12.5 Å². The Labute approximate surface area is 126 Å². The minimum Gasteiger partial charge on any atom is -0.476 e. The Bertz CT molecular complexity index is 768. The predicted octanol–water partition coefficient (Wildman–Crippen LogP) is 1.97. The lowest BCUT2D eigenvalue weighted by Gasteiger charge is -2.16. The average Bonchev–Trinajstić information content (AvgIpc) is 2.88. The van der Waals surface area contributed by atoms with Gasteiger partial charge in [0.1, 0.15) is 0 Å². The number of carboxylic acids is 1. The summed E-state index contributed by atoms with van der Waals surface area (Å²) in [6.07, 6.45) is 0. The zero-order chi connectivity index (χ0) is 15.6. The smallest absolute Gasteiger partial charge is 0.356 e. The summed E-state index contributed by atoms with van der Waals surface area (Å²) in [5, 5.41) is 8.99. The van der Waals surface area contributed by atoms with Crippen LogP contribution in [0.2, 0.25) is 0 Å². The lowest BCUT2D eigenvalue weighted by atomic mass is 10.1. The van der Waals surface area contributed by atoms with Crippen LogP contribution in [0, 0.1) is 6.92 Å². The zero-order valence-electron chi connectivity index (χ0n) is 11.5. The standard InChI is InChI=1S/C13H14N2O4S2/c1-9-4-3-5-10(6-9)7-15(2)21(18,19)13-11(12(16)17)14-8-20-13/h3-6,8H,7H2,1-2H3,(H,16,17). The number of rotatable bonds is 5. The van der Waals surface area contributed by atoms with Gasteiger partial charge in [0.2, 0.25) is 0 Å². The molecule has 0 amide bonds. The molecule has 0 aliphatic heterocycles. The summed E-state index contributed by atoms with van der Waals surface area (Å²) >= 11 is 0.805. The molecule has 8 heteroatoms. The van der Waals surface area contributed by atoms with E-state index in [1.165, 1.54) is 12.6 Å². The Morgan fingerprint density at radius 1 is 1.43 bits per heavy atom. The van der Waals surface area contributed by atoms with Crippen molar-refractivity contribution in [2.24, 2.45) is 0 Å². The van der Waals surface area contributed by atoms with E-state index in [0.29, 0.717) is 0 Å². The number of aromatic nitrogens is 1. The van der Waals surface area contributed by atoms with Crippen molar-refractivity contribution >= 4 is 27.3 Å². The first kappa shape index (κ1) is 15.6. The van der Waals surface area contributed by atoms with Crippen LogP contribution in [0.5, 0.6) is 0 Å². The molecule has 1 heterocycles. The van der Waals surface area contributed by atoms with Crippen molar-refractivity contribution in [3.63, 3.8) is 0 Å². The number of aromatic carboxylic acids is 1. The second kappa shape index (κ2) is 5.92. The highest BCUT2D eigenvalue weighted by atomic mass is 32.2. The van der Waals surface area contributed by atoms with E-state index in [9.17, 15) is 13.2 Å². The van der Waals surface area contributed by atoms with Crippen molar-refractivity contribution in [1.29, 1.82) is 0 Å². The molecular formula is C13H14N2O4S2. The van der Waals surface area contributed by atoms with E-state index in [1.807, 2.05) is 31.2 Å². The lowest BCUT2D eigenvalue weighted by Crippen LogP contribution is -2.27. The van der Waals surface area contributed by atoms with Crippen LogP contribution in [-0.2, 0) is 16.6 Å². The first-order valence-electron chi connectivity index (χ1n) is 6.01. The molecule has 0 atom stereocenters. The second-order valence-electron chi connectivity index (χ2n) is 4.54. The van der Waals surface area contributed by atoms with E-state index in [-0.39, 0.29) is 10.8 Å². The topological polar surface area (TPSA) is 87.6 Å². The van der Waals surface area contributed by atoms with Crippen molar-refractivity contribution in [2.45, 2.75) is 17.7 Å². The van der Waals surface area contributed by atoms with Crippen LogP contribution in [0.3, 0.4) is 0 Å². The first-order chi connectivity index (χ1) is 9.82. The third kappa shape index (κ3) is 3.29. The second-order valence-corrected chi connectivity index (χ2v) is 7.64. The van der Waals surface area contributed by atoms with Gasteiger partial charge in [0.05, 0.1) is 5.51 Å². The molecule has 0 unspecified atom stereocenters. The number of sulfonamides is 1. The molecular weight excluding hydrogens is 312 g/mol. The summed E-state index contributed by atoms with van der Waals surface area (Å²) in [6, 6.07) is 7.48. The number of hydrogen-bond donors (Lipinski definition) is 1. The Hall–Kier alpha value is -1.77. The minimum atomic E-state index is -3.87. The molecule has 0 fully saturated rings. The fraction of sp³-hybridized carbons (Fsp3) is 0.231. The molecule has 2 aromatic rings. The molecule has 0 saturated heterocycles. The summed E-state index contributed by atoms with van der Waals surface area (Å²) in [4.78, 5) is 14.6. The maximum atomic E-state index is 12.4. The number of carboxylic acid groups (broad SMARTS) is 1. The van der Waals surface area contributed by atoms with Crippen molar-refractivity contribution in [2.75, 3.05) is 7.05 Å². The normalized spacial score (nSPS) is 11.8. The van der Waals surface area contributed by atoms with E-state index in [0.717, 1.165) is 26.8 Å². The molecule has 0 radical (unpaired) electrons. The van der Waals surface area contributed by atoms with Gasteiger partial charge in [0, 0.05) is 13.6 Å². The predicted molar refractivity (Wildman–Crippen MR) is 78.9 cm³/mol. The van der Waals surface area contributed by atoms with Crippen LogP contribution in [0.25, 0.3) is 0 Å². The van der Waals surface area contributed by atoms with Gasteiger partial charge < -0.3 is 5.11 Å². The van der Waals surface area contributed by atoms with Gasteiger partial charge in [0.25, 0.3) is 10.0 Å². The molecule has 112 valence electrons. The molecule has 1 N–H and O–H groups in total. The van der Waals surface area contributed by atoms with E-state index in [4.69, 9.17) is 5.11 Å². The molecule has 6 nitrogen and oxygen atoms in total. The maximum absolute atomic E-state index is 12.4. The number of benzene rings is 1. The summed E-state index contributed by atoms with van der Waals surface area (Å²) in [5.74, 6) is -1.35. The van der Waals surface area contributed by atoms with Crippen LogP contribution in [0.4, 0.5) is 0 Å². The van der Waals surface area contributed by atoms with Crippen LogP contribution in [0.1, 0.15) is 21.6 Å². The van der Waals surface area contributed by atoms with Gasteiger partial charge in [-0.2, -0.15) is 4.31 Å². The SMILES string of the molecule is Cc1cccc(CN(C)S(=O)(=O)c2scnc2C(=O)O)c1. The van der Waals surface area contributed by atoms with Crippen molar-refractivity contribution in [3.05, 3.63) is 46.6 Å². The number of carbonyl (C=O) groups is 1. The largest absolute Gasteiger partial charge is 0.476 e. The van der Waals surface area contributed by atoms with E-state index in [2.05, 4.69) is 4.98 Å². The summed E-state index contributed by atoms with van der Waals surface area (Å²) < 4.78 is 25.8. The summed E-state index contributed by atoms with van der Waals surface area (Å²) in [7, 11) is -2.45. The van der Waals surface area contributed by atoms with Crippen molar-refractivity contribution in [3.8, 4) is 0 Å². The van der Waals surface area contributed by atoms with Crippen molar-refractivity contribution < 1.29 is 18.3 Å². The van der Waals surface area contributed by atoms with E-state index < -0.39 is 21.7 Å². The number of thiazole rings is 1. The van der Waals surface area contributed by atoms with Crippen molar-refractivity contribution in [1.82, 2.24) is 9.29 Å². The maximum Gasteiger partial charge on any atom is 0.356 e. The molecule has 0 bridgehead atoms. The van der Waals surface area contributed by atoms with Crippen LogP contribution in [0.15, 0.2) is 34.0 Å². The Morgan fingerprint density at radius 3 is 2.76 bits per heavy atom. The monoisotopic (exact) mass is 326 g/mol. The van der Waals surface area contributed by atoms with E-state index >= 15 is 0 Å². The van der Waals surface area contributed by atoms with Gasteiger partial charge in [-0.15, -0.1) is 11.3 Å². The highest BCUT2D eigenvalue weighted by Crippen LogP contribution is 2.24. The van der Waals surface area contributed by atoms with Gasteiger partial charge in [0.15, 0.2) is 9.90 Å².